The van der Waals surface area contributed by atoms with Crippen LogP contribution in [0.25, 0.3) is 5.65 Å². The molecule has 0 aliphatic heterocycles. The molecule has 2 rings (SSSR count). The predicted molar refractivity (Wildman–Crippen MR) is 57.5 cm³/mol. The molecule has 17 heavy (non-hydrogen) atoms. The van der Waals surface area contributed by atoms with E-state index in [2.05, 4.69) is 4.98 Å². The van der Waals surface area contributed by atoms with Gasteiger partial charge in [-0.25, -0.2) is 9.78 Å². The van der Waals surface area contributed by atoms with Crippen LogP contribution in [0.3, 0.4) is 0 Å². The van der Waals surface area contributed by atoms with Crippen molar-refractivity contribution in [2.24, 2.45) is 0 Å². The van der Waals surface area contributed by atoms with Gasteiger partial charge in [0.05, 0.1) is 5.56 Å². The summed E-state index contributed by atoms with van der Waals surface area (Å²) in [6.45, 7) is 0. The fourth-order valence-electron chi connectivity index (χ4n) is 1.26. The van der Waals surface area contributed by atoms with Gasteiger partial charge >= 0.3 is 12.1 Å². The zero-order valence-electron chi connectivity index (χ0n) is 8.19. The lowest BCUT2D eigenvalue weighted by molar-refractivity contribution is -0.137. The van der Waals surface area contributed by atoms with Crippen molar-refractivity contribution in [2.45, 2.75) is 6.18 Å². The second-order valence-electron chi connectivity index (χ2n) is 3.11. The van der Waals surface area contributed by atoms with E-state index >= 15 is 0 Å². The van der Waals surface area contributed by atoms with E-state index in [1.54, 1.807) is 0 Å². The van der Waals surface area contributed by atoms with E-state index in [1.807, 2.05) is 0 Å². The molecule has 0 aromatic carbocycles. The molecule has 0 aliphatic rings. The third kappa shape index (κ3) is 2.52. The first kappa shape index (κ1) is 13.4. The Bertz CT molecular complexity index is 565. The van der Waals surface area contributed by atoms with Crippen LogP contribution in [0.2, 0.25) is 0 Å². The topological polar surface area (TPSA) is 54.6 Å². The smallest absolute Gasteiger partial charge is 0.417 e. The van der Waals surface area contributed by atoms with E-state index < -0.39 is 17.7 Å². The quantitative estimate of drug-likeness (QED) is 0.858. The molecule has 2 aromatic heterocycles. The van der Waals surface area contributed by atoms with Crippen molar-refractivity contribution in [2.75, 3.05) is 0 Å². The van der Waals surface area contributed by atoms with Crippen LogP contribution in [-0.2, 0) is 6.18 Å². The zero-order valence-corrected chi connectivity index (χ0v) is 9.19. The van der Waals surface area contributed by atoms with Gasteiger partial charge in [-0.2, -0.15) is 26.7 Å². The second-order valence-corrected chi connectivity index (χ2v) is 3.11. The van der Waals surface area contributed by atoms with Crippen LogP contribution in [0.5, 0.6) is 0 Å². The number of fused-ring (bicyclic) bond motifs is 1. The highest BCUT2D eigenvalue weighted by molar-refractivity contribution is 7.59. The van der Waals surface area contributed by atoms with Crippen molar-refractivity contribution in [3.8, 4) is 0 Å². The van der Waals surface area contributed by atoms with Gasteiger partial charge in [0.1, 0.15) is 5.65 Å². The first-order valence-electron chi connectivity index (χ1n) is 4.17. The lowest BCUT2D eigenvalue weighted by Crippen LogP contribution is -2.05. The number of aromatic carboxylic acids is 1. The summed E-state index contributed by atoms with van der Waals surface area (Å²) in [6, 6.07) is 1.98. The van der Waals surface area contributed by atoms with Gasteiger partial charge in [-0.1, -0.05) is 0 Å². The Morgan fingerprint density at radius 2 is 1.94 bits per heavy atom. The van der Waals surface area contributed by atoms with Gasteiger partial charge in [0.15, 0.2) is 5.69 Å². The Morgan fingerprint density at radius 3 is 2.47 bits per heavy atom. The number of alkyl halides is 3. The molecule has 92 valence electrons. The maximum Gasteiger partial charge on any atom is 0.417 e. The molecule has 0 unspecified atom stereocenters. The second kappa shape index (κ2) is 4.28. The Balaban J connectivity index is 0.00000144. The number of rotatable bonds is 1. The predicted octanol–water partition coefficient (Wildman–Crippen LogP) is 2.16. The summed E-state index contributed by atoms with van der Waals surface area (Å²) in [4.78, 5) is 14.2. The number of carboxylic acid groups (broad SMARTS) is 1. The number of pyridine rings is 1. The molecule has 0 fully saturated rings. The summed E-state index contributed by atoms with van der Waals surface area (Å²) in [5.41, 5.74) is -0.987. The molecule has 0 saturated carbocycles. The van der Waals surface area contributed by atoms with E-state index in [0.29, 0.717) is 0 Å². The van der Waals surface area contributed by atoms with Gasteiger partial charge in [-0.3, -0.25) is 0 Å². The van der Waals surface area contributed by atoms with E-state index in [4.69, 9.17) is 5.11 Å². The molecule has 0 aliphatic carbocycles. The Hall–Kier alpha value is -1.70. The van der Waals surface area contributed by atoms with Gasteiger partial charge in [0.25, 0.3) is 0 Å². The molecule has 2 aromatic rings. The molecule has 4 nitrogen and oxygen atoms in total. The van der Waals surface area contributed by atoms with Crippen LogP contribution in [0, 0.1) is 0 Å². The first-order chi connectivity index (χ1) is 7.38. The molecule has 0 bridgehead atoms. The number of halogens is 3. The average molecular weight is 264 g/mol. The maximum absolute atomic E-state index is 12.3. The monoisotopic (exact) mass is 264 g/mol. The number of carbonyl (C=O) groups is 1. The summed E-state index contributed by atoms with van der Waals surface area (Å²) in [5, 5.41) is 8.62. The molecule has 0 atom stereocenters. The van der Waals surface area contributed by atoms with E-state index in [1.165, 1.54) is 0 Å². The number of carboxylic acids is 1. The fourth-order valence-corrected chi connectivity index (χ4v) is 1.26. The van der Waals surface area contributed by atoms with E-state index in [9.17, 15) is 18.0 Å². The normalized spacial score (nSPS) is 11.2. The van der Waals surface area contributed by atoms with E-state index in [0.717, 1.165) is 28.9 Å². The first-order valence-corrected chi connectivity index (χ1v) is 4.17. The van der Waals surface area contributed by atoms with Gasteiger partial charge in [-0.15, -0.1) is 0 Å². The van der Waals surface area contributed by atoms with Crippen LogP contribution < -0.4 is 0 Å². The number of hydrogen-bond acceptors (Lipinski definition) is 2. The van der Waals surface area contributed by atoms with Gasteiger partial charge in [-0.05, 0) is 12.1 Å². The summed E-state index contributed by atoms with van der Waals surface area (Å²) in [7, 11) is 0. The van der Waals surface area contributed by atoms with Crippen molar-refractivity contribution < 1.29 is 23.1 Å². The van der Waals surface area contributed by atoms with Crippen LogP contribution in [0.1, 0.15) is 16.1 Å². The number of nitrogens with zero attached hydrogens (tertiary/aromatic N) is 2. The minimum Gasteiger partial charge on any atom is -0.476 e. The fraction of sp³-hybridized carbons (Fsp3) is 0.111. The van der Waals surface area contributed by atoms with Gasteiger partial charge < -0.3 is 9.51 Å². The van der Waals surface area contributed by atoms with Crippen molar-refractivity contribution in [3.63, 3.8) is 0 Å². The van der Waals surface area contributed by atoms with Crippen LogP contribution >= 0.6 is 13.5 Å². The molecule has 0 radical (unpaired) electrons. The third-order valence-corrected chi connectivity index (χ3v) is 2.00. The number of hydrogen-bond donors (Lipinski definition) is 1. The highest BCUT2D eigenvalue weighted by atomic mass is 32.1. The molecular formula is C9H7F3N2O2S. The number of imidazole rings is 1. The standard InChI is InChI=1S/C9H5F3N2O2.H2S/c10-9(11,12)5-1-2-7-13-6(8(15)16)4-14(7)3-5;/h1-4H,(H,15,16);1H2. The molecule has 2 heterocycles. The SMILES string of the molecule is O=C(O)c1cn2cc(C(F)(F)F)ccc2n1.S. The lowest BCUT2D eigenvalue weighted by atomic mass is 10.3. The van der Waals surface area contributed by atoms with Crippen LogP contribution in [0.4, 0.5) is 13.2 Å². The highest BCUT2D eigenvalue weighted by Gasteiger charge is 2.30. The van der Waals surface area contributed by atoms with Crippen molar-refractivity contribution in [3.05, 3.63) is 35.8 Å². The maximum atomic E-state index is 12.3. The summed E-state index contributed by atoms with van der Waals surface area (Å²) < 4.78 is 38.0. The Labute approximate surface area is 100 Å². The van der Waals surface area contributed by atoms with Crippen LogP contribution in [0.15, 0.2) is 24.5 Å². The molecule has 1 N–H and O–H groups in total. The lowest BCUT2D eigenvalue weighted by Gasteiger charge is -2.05. The van der Waals surface area contributed by atoms with Gasteiger partial charge in [0.2, 0.25) is 0 Å². The molecule has 8 heteroatoms. The molecule has 0 saturated heterocycles. The van der Waals surface area contributed by atoms with Crippen molar-refractivity contribution >= 4 is 25.1 Å². The molecule has 0 amide bonds. The summed E-state index contributed by atoms with van der Waals surface area (Å²) in [6.07, 6.45) is -2.62. The minimum atomic E-state index is -4.46. The minimum absolute atomic E-state index is 0. The third-order valence-electron chi connectivity index (χ3n) is 2.00. The molecule has 0 spiro atoms. The summed E-state index contributed by atoms with van der Waals surface area (Å²) in [5.74, 6) is -1.28. The Kier molecular flexibility index (Phi) is 3.37. The van der Waals surface area contributed by atoms with Crippen molar-refractivity contribution in [1.82, 2.24) is 9.38 Å². The number of aromatic nitrogens is 2. The highest BCUT2D eigenvalue weighted by Crippen LogP contribution is 2.29. The van der Waals surface area contributed by atoms with E-state index in [-0.39, 0.29) is 24.8 Å². The van der Waals surface area contributed by atoms with Gasteiger partial charge in [0, 0.05) is 12.4 Å². The van der Waals surface area contributed by atoms with Crippen molar-refractivity contribution in [1.29, 1.82) is 0 Å². The zero-order chi connectivity index (χ0) is 11.9. The molecular weight excluding hydrogens is 257 g/mol. The summed E-state index contributed by atoms with van der Waals surface area (Å²) >= 11 is 0. The average Bonchev–Trinajstić information content (AvgIpc) is 2.58. The largest absolute Gasteiger partial charge is 0.476 e. The Morgan fingerprint density at radius 1 is 1.29 bits per heavy atom. The van der Waals surface area contributed by atoms with Crippen LogP contribution in [-0.4, -0.2) is 20.5 Å².